The van der Waals surface area contributed by atoms with E-state index in [1.807, 2.05) is 72.8 Å². The van der Waals surface area contributed by atoms with Gasteiger partial charge in [-0.3, -0.25) is 19.2 Å². The Labute approximate surface area is 298 Å². The minimum absolute atomic E-state index is 0.0262. The average molecular weight is 702 g/mol. The summed E-state index contributed by atoms with van der Waals surface area (Å²) in [6, 6.07) is 24.4. The molecule has 1 aliphatic rings. The van der Waals surface area contributed by atoms with E-state index in [1.165, 1.54) is 12.2 Å². The Morgan fingerprint density at radius 1 is 0.843 bits per heavy atom. The topological polar surface area (TPSA) is 153 Å². The average Bonchev–Trinajstić information content (AvgIpc) is 3.65. The van der Waals surface area contributed by atoms with Crippen LogP contribution in [-0.2, 0) is 46.7 Å². The van der Waals surface area contributed by atoms with Crippen molar-refractivity contribution in [1.29, 1.82) is 0 Å². The number of hydrogen-bond acceptors (Lipinski definition) is 9. The molecule has 2 amide bonds. The van der Waals surface area contributed by atoms with Crippen LogP contribution in [0.2, 0.25) is 0 Å². The molecule has 51 heavy (non-hydrogen) atoms. The van der Waals surface area contributed by atoms with E-state index < -0.39 is 24.0 Å². The van der Waals surface area contributed by atoms with Gasteiger partial charge in [-0.25, -0.2) is 14.9 Å². The van der Waals surface area contributed by atoms with Crippen LogP contribution in [0.1, 0.15) is 74.5 Å². The summed E-state index contributed by atoms with van der Waals surface area (Å²) in [4.78, 5) is 59.9. The van der Waals surface area contributed by atoms with Crippen molar-refractivity contribution in [3.63, 3.8) is 0 Å². The molecule has 0 unspecified atom stereocenters. The van der Waals surface area contributed by atoms with Crippen LogP contribution >= 0.6 is 0 Å². The maximum atomic E-state index is 13.1. The van der Waals surface area contributed by atoms with E-state index in [-0.39, 0.29) is 50.4 Å². The number of benzene rings is 3. The number of rotatable bonds is 22. The fraction of sp³-hybridized carbons (Fsp3) is 0.410. The summed E-state index contributed by atoms with van der Waals surface area (Å²) in [6.45, 7) is 0.807. The van der Waals surface area contributed by atoms with Crippen LogP contribution in [0.15, 0.2) is 89.9 Å². The molecular formula is C39H47N3O9. The van der Waals surface area contributed by atoms with Crippen LogP contribution < -0.4 is 10.1 Å². The van der Waals surface area contributed by atoms with E-state index in [9.17, 15) is 24.3 Å². The molecule has 2 N–H and O–H groups in total. The van der Waals surface area contributed by atoms with Crippen LogP contribution in [0.5, 0.6) is 5.75 Å². The number of amides is 2. The van der Waals surface area contributed by atoms with E-state index in [1.54, 1.807) is 12.1 Å². The zero-order chi connectivity index (χ0) is 36.3. The molecule has 3 aromatic rings. The van der Waals surface area contributed by atoms with Crippen LogP contribution in [-0.4, -0.2) is 72.2 Å². The Morgan fingerprint density at radius 2 is 1.49 bits per heavy atom. The van der Waals surface area contributed by atoms with Gasteiger partial charge in [-0.1, -0.05) is 85.6 Å². The van der Waals surface area contributed by atoms with Gasteiger partial charge < -0.3 is 24.6 Å². The smallest absolute Gasteiger partial charge is 0.326 e. The number of carbonyl (C=O) groups is 4. The highest BCUT2D eigenvalue weighted by molar-refractivity contribution is 6.00. The van der Waals surface area contributed by atoms with Gasteiger partial charge in [-0.05, 0) is 55.4 Å². The van der Waals surface area contributed by atoms with E-state index in [0.29, 0.717) is 50.0 Å². The first kappa shape index (κ1) is 38.6. The summed E-state index contributed by atoms with van der Waals surface area (Å²) in [7, 11) is 1.37. The molecule has 0 fully saturated rings. The van der Waals surface area contributed by atoms with Gasteiger partial charge in [-0.2, -0.15) is 0 Å². The lowest BCUT2D eigenvalue weighted by Gasteiger charge is -2.23. The second-order valence-corrected chi connectivity index (χ2v) is 12.2. The monoisotopic (exact) mass is 701 g/mol. The largest absolute Gasteiger partial charge is 0.488 e. The summed E-state index contributed by atoms with van der Waals surface area (Å²) >= 11 is 0. The highest BCUT2D eigenvalue weighted by Gasteiger charge is 2.31. The van der Waals surface area contributed by atoms with Gasteiger partial charge in [0.25, 0.3) is 0 Å². The van der Waals surface area contributed by atoms with Gasteiger partial charge in [0.1, 0.15) is 31.6 Å². The molecular weight excluding hydrogens is 654 g/mol. The van der Waals surface area contributed by atoms with Crippen LogP contribution in [0, 0.1) is 0 Å². The second-order valence-electron chi connectivity index (χ2n) is 12.2. The first-order valence-corrected chi connectivity index (χ1v) is 17.4. The SMILES string of the molecule is COC(=O)CCCCCCC(=O)N(CCCC[C@H](NC(=O)[C@@H]1COC(c2ccccc2OCc2ccccc2)=N1)C(=O)O)OCc1ccccc1. The number of carbonyl (C=O) groups excluding carboxylic acids is 3. The Kier molecular flexibility index (Phi) is 16.0. The van der Waals surface area contributed by atoms with Crippen molar-refractivity contribution in [2.45, 2.75) is 83.1 Å². The summed E-state index contributed by atoms with van der Waals surface area (Å²) in [6.07, 6.45) is 4.65. The van der Waals surface area contributed by atoms with Crippen molar-refractivity contribution in [1.82, 2.24) is 10.4 Å². The van der Waals surface area contributed by atoms with E-state index >= 15 is 0 Å². The summed E-state index contributed by atoms with van der Waals surface area (Å²) in [5, 5.41) is 13.8. The minimum Gasteiger partial charge on any atom is -0.488 e. The van der Waals surface area contributed by atoms with Gasteiger partial charge in [0.05, 0.1) is 12.7 Å². The number of unbranched alkanes of at least 4 members (excludes halogenated alkanes) is 4. The predicted molar refractivity (Wildman–Crippen MR) is 190 cm³/mol. The molecule has 0 radical (unpaired) electrons. The lowest BCUT2D eigenvalue weighted by Crippen LogP contribution is -2.45. The molecule has 0 spiro atoms. The van der Waals surface area contributed by atoms with E-state index in [2.05, 4.69) is 15.0 Å². The number of hydroxylamine groups is 2. The quantitative estimate of drug-likeness (QED) is 0.0772. The molecule has 0 aliphatic carbocycles. The number of ether oxygens (including phenoxy) is 3. The molecule has 0 bridgehead atoms. The second kappa shape index (κ2) is 21.1. The number of aliphatic carboxylic acids is 1. The zero-order valence-corrected chi connectivity index (χ0v) is 29.0. The molecule has 12 heteroatoms. The number of aliphatic imine (C=N–C) groups is 1. The lowest BCUT2D eigenvalue weighted by molar-refractivity contribution is -0.192. The van der Waals surface area contributed by atoms with Gasteiger partial charge in [0, 0.05) is 19.4 Å². The van der Waals surface area contributed by atoms with Crippen LogP contribution in [0.25, 0.3) is 0 Å². The van der Waals surface area contributed by atoms with Gasteiger partial charge in [0.15, 0.2) is 6.04 Å². The molecule has 2 atom stereocenters. The molecule has 0 aromatic heterocycles. The molecule has 3 aromatic carbocycles. The number of para-hydroxylation sites is 1. The molecule has 4 rings (SSSR count). The Balaban J connectivity index is 1.26. The first-order valence-electron chi connectivity index (χ1n) is 17.4. The number of hydrogen-bond donors (Lipinski definition) is 2. The summed E-state index contributed by atoms with van der Waals surface area (Å²) in [5.41, 5.74) is 2.51. The Morgan fingerprint density at radius 3 is 2.18 bits per heavy atom. The van der Waals surface area contributed by atoms with E-state index in [0.717, 1.165) is 24.0 Å². The number of nitrogens with one attached hydrogen (secondary N) is 1. The molecule has 0 saturated heterocycles. The Bertz CT molecular complexity index is 1580. The lowest BCUT2D eigenvalue weighted by atomic mass is 10.1. The van der Waals surface area contributed by atoms with E-state index in [4.69, 9.17) is 14.3 Å². The molecule has 12 nitrogen and oxygen atoms in total. The maximum Gasteiger partial charge on any atom is 0.326 e. The van der Waals surface area contributed by atoms with Gasteiger partial charge >= 0.3 is 11.9 Å². The normalized spacial score (nSPS) is 14.1. The van der Waals surface area contributed by atoms with Crippen molar-refractivity contribution in [2.75, 3.05) is 20.3 Å². The number of methoxy groups -OCH3 is 1. The highest BCUT2D eigenvalue weighted by Crippen LogP contribution is 2.24. The number of carboxylic acid groups (broad SMARTS) is 1. The fourth-order valence-corrected chi connectivity index (χ4v) is 5.40. The van der Waals surface area contributed by atoms with Crippen molar-refractivity contribution in [3.05, 3.63) is 102 Å². The predicted octanol–water partition coefficient (Wildman–Crippen LogP) is 5.62. The van der Waals surface area contributed by atoms with Crippen LogP contribution in [0.4, 0.5) is 0 Å². The van der Waals surface area contributed by atoms with Crippen molar-refractivity contribution in [3.8, 4) is 5.75 Å². The third kappa shape index (κ3) is 13.2. The fourth-order valence-electron chi connectivity index (χ4n) is 5.40. The molecule has 272 valence electrons. The molecule has 1 aliphatic heterocycles. The summed E-state index contributed by atoms with van der Waals surface area (Å²) < 4.78 is 16.4. The summed E-state index contributed by atoms with van der Waals surface area (Å²) in [5.74, 6) is -1.30. The first-order chi connectivity index (χ1) is 24.8. The molecule has 1 heterocycles. The van der Waals surface area contributed by atoms with Gasteiger partial charge in [-0.15, -0.1) is 0 Å². The third-order valence-electron chi connectivity index (χ3n) is 8.28. The van der Waals surface area contributed by atoms with Gasteiger partial charge in [0.2, 0.25) is 17.7 Å². The third-order valence-corrected chi connectivity index (χ3v) is 8.28. The van der Waals surface area contributed by atoms with Crippen molar-refractivity contribution in [2.24, 2.45) is 4.99 Å². The number of esters is 1. The highest BCUT2D eigenvalue weighted by atomic mass is 16.7. The molecule has 0 saturated carbocycles. The zero-order valence-electron chi connectivity index (χ0n) is 29.0. The maximum absolute atomic E-state index is 13.1. The number of nitrogens with zero attached hydrogens (tertiary/aromatic N) is 2. The van der Waals surface area contributed by atoms with Crippen molar-refractivity contribution >= 4 is 29.7 Å². The number of carboxylic acids is 1. The van der Waals surface area contributed by atoms with Crippen LogP contribution in [0.3, 0.4) is 0 Å². The minimum atomic E-state index is -1.16. The van der Waals surface area contributed by atoms with Crippen molar-refractivity contribution < 1.29 is 43.3 Å². The standard InChI is InChI=1S/C39H47N3O9/c1-48-36(44)24-11-3-2-10-23-35(43)42(51-27-30-18-8-5-9-19-30)25-15-14-21-32(39(46)47)40-37(45)33-28-50-38(41-33)31-20-12-13-22-34(31)49-26-29-16-6-4-7-17-29/h4-9,12-13,16-20,22,32-33H,2-3,10-11,14-15,21,23-28H2,1H3,(H,40,45)(H,46,47)/t32-,33-/m0/s1. The Hall–Kier alpha value is -5.23.